The maximum atomic E-state index is 10.6. The van der Waals surface area contributed by atoms with Crippen molar-refractivity contribution in [3.05, 3.63) is 77.9 Å². The number of benzene rings is 1. The van der Waals surface area contributed by atoms with Gasteiger partial charge in [0, 0.05) is 42.8 Å². The molecule has 0 radical (unpaired) electrons. The van der Waals surface area contributed by atoms with Crippen molar-refractivity contribution in [2.45, 2.75) is 37.3 Å². The number of carbonyl (C=O) groups is 2. The van der Waals surface area contributed by atoms with Gasteiger partial charge in [-0.2, -0.15) is 26.3 Å². The summed E-state index contributed by atoms with van der Waals surface area (Å²) < 4.78 is 69.4. The summed E-state index contributed by atoms with van der Waals surface area (Å²) in [5.74, 6) is -4.76. The number of hydrogen-bond acceptors (Lipinski definition) is 7. The Morgan fingerprint density at radius 2 is 1.59 bits per heavy atom. The molecule has 1 aromatic carbocycles. The number of nitrogens with zero attached hydrogens (tertiary/aromatic N) is 4. The molecule has 1 saturated heterocycles. The zero-order valence-corrected chi connectivity index (χ0v) is 21.2. The zero-order valence-electron chi connectivity index (χ0n) is 21.2. The lowest BCUT2D eigenvalue weighted by atomic mass is 9.80. The summed E-state index contributed by atoms with van der Waals surface area (Å²) in [6.45, 7) is 4.33. The number of hydrogen-bond donors (Lipinski definition) is 2. The number of carboxylic acid groups (broad SMARTS) is 2. The normalized spacial score (nSPS) is 18.4. The first kappa shape index (κ1) is 31.4. The van der Waals surface area contributed by atoms with Crippen LogP contribution in [0.4, 0.5) is 26.3 Å². The summed E-state index contributed by atoms with van der Waals surface area (Å²) in [6, 6.07) is 14.6. The quantitative estimate of drug-likeness (QED) is 0.428. The van der Waals surface area contributed by atoms with Gasteiger partial charge in [-0.1, -0.05) is 30.3 Å². The van der Waals surface area contributed by atoms with Gasteiger partial charge in [-0.25, -0.2) is 19.6 Å². The number of likely N-dealkylation sites (tertiary alicyclic amines) is 1. The van der Waals surface area contributed by atoms with E-state index in [4.69, 9.17) is 29.5 Å². The molecule has 0 bridgehead atoms. The molecule has 3 aromatic rings. The fraction of sp³-hybridized carbons (Fsp3) is 0.346. The third-order valence-corrected chi connectivity index (χ3v) is 6.09. The van der Waals surface area contributed by atoms with Crippen LogP contribution in [0.5, 0.6) is 0 Å². The number of aromatic nitrogens is 3. The molecule has 2 aromatic heterocycles. The minimum absolute atomic E-state index is 0.0394. The summed E-state index contributed by atoms with van der Waals surface area (Å²) in [5, 5.41) is 14.2. The minimum atomic E-state index is -5.08. The van der Waals surface area contributed by atoms with Crippen molar-refractivity contribution in [2.24, 2.45) is 0 Å². The van der Waals surface area contributed by atoms with E-state index in [1.165, 1.54) is 5.56 Å². The lowest BCUT2D eigenvalue weighted by Crippen LogP contribution is -2.40. The van der Waals surface area contributed by atoms with Crippen molar-refractivity contribution in [1.29, 1.82) is 0 Å². The Labute approximate surface area is 229 Å². The molecule has 220 valence electrons. The second-order valence-electron chi connectivity index (χ2n) is 9.13. The summed E-state index contributed by atoms with van der Waals surface area (Å²) >= 11 is 0. The number of halogens is 6. The molecule has 0 saturated carbocycles. The molecule has 1 unspecified atom stereocenters. The van der Waals surface area contributed by atoms with Gasteiger partial charge in [0.1, 0.15) is 0 Å². The number of alkyl halides is 6. The highest BCUT2D eigenvalue weighted by molar-refractivity contribution is 5.73. The Bertz CT molecular complexity index is 1300. The number of carboxylic acids is 2. The third kappa shape index (κ3) is 8.69. The van der Waals surface area contributed by atoms with E-state index < -0.39 is 24.3 Å². The van der Waals surface area contributed by atoms with Crippen LogP contribution in [0.3, 0.4) is 0 Å². The molecular formula is C26H24F6N4O5. The fourth-order valence-electron chi connectivity index (χ4n) is 4.28. The van der Waals surface area contributed by atoms with Crippen LogP contribution in [0.25, 0.3) is 11.4 Å². The van der Waals surface area contributed by atoms with E-state index in [2.05, 4.69) is 45.2 Å². The number of ether oxygens (including phenoxy) is 1. The summed E-state index contributed by atoms with van der Waals surface area (Å²) in [4.78, 5) is 34.1. The maximum absolute atomic E-state index is 10.6. The molecule has 5 rings (SSSR count). The highest BCUT2D eigenvalue weighted by atomic mass is 19.4. The Kier molecular flexibility index (Phi) is 9.99. The van der Waals surface area contributed by atoms with Gasteiger partial charge in [-0.05, 0) is 30.7 Å². The first-order chi connectivity index (χ1) is 19.2. The van der Waals surface area contributed by atoms with Crippen LogP contribution in [0.15, 0.2) is 61.1 Å². The molecule has 1 fully saturated rings. The first-order valence-corrected chi connectivity index (χ1v) is 11.9. The number of aliphatic carboxylic acids is 2. The molecule has 1 atom stereocenters. The Morgan fingerprint density at radius 3 is 2.15 bits per heavy atom. The lowest BCUT2D eigenvalue weighted by Gasteiger charge is -2.34. The van der Waals surface area contributed by atoms with Crippen molar-refractivity contribution in [1.82, 2.24) is 19.9 Å². The standard InChI is InChI=1S/C22H22N4O.2C2HF3O2/c1-2-5-17(6-3-1)13-26-10-8-22(15-26)16-27-14-19-12-24-21(25-20(19)22)18-7-4-9-23-11-18;2*3-2(4,5)1(6)7/h1-7,9,11-12H,8,10,13-16H2;2*(H,6,7). The van der Waals surface area contributed by atoms with Crippen LogP contribution >= 0.6 is 0 Å². The molecule has 4 heterocycles. The molecule has 41 heavy (non-hydrogen) atoms. The van der Waals surface area contributed by atoms with Gasteiger partial charge in [0.05, 0.1) is 24.3 Å². The Balaban J connectivity index is 0.000000276. The van der Waals surface area contributed by atoms with Gasteiger partial charge in [0.15, 0.2) is 5.82 Å². The van der Waals surface area contributed by atoms with Crippen LogP contribution in [0.1, 0.15) is 23.2 Å². The van der Waals surface area contributed by atoms with Gasteiger partial charge < -0.3 is 14.9 Å². The number of pyridine rings is 1. The van der Waals surface area contributed by atoms with Gasteiger partial charge in [-0.15, -0.1) is 0 Å². The largest absolute Gasteiger partial charge is 0.490 e. The van der Waals surface area contributed by atoms with E-state index in [1.54, 1.807) is 6.20 Å². The summed E-state index contributed by atoms with van der Waals surface area (Å²) in [6.07, 6.45) is -3.57. The second-order valence-corrected chi connectivity index (χ2v) is 9.13. The molecule has 15 heteroatoms. The molecule has 2 N–H and O–H groups in total. The van der Waals surface area contributed by atoms with E-state index in [-0.39, 0.29) is 5.41 Å². The molecule has 1 spiro atoms. The molecule has 9 nitrogen and oxygen atoms in total. The van der Waals surface area contributed by atoms with Gasteiger partial charge in [-0.3, -0.25) is 9.88 Å². The third-order valence-electron chi connectivity index (χ3n) is 6.09. The van der Waals surface area contributed by atoms with E-state index in [0.717, 1.165) is 55.3 Å². The smallest absolute Gasteiger partial charge is 0.475 e. The molecule has 2 aliphatic rings. The van der Waals surface area contributed by atoms with Crippen LogP contribution in [-0.4, -0.2) is 74.1 Å². The highest BCUT2D eigenvalue weighted by Crippen LogP contribution is 2.40. The van der Waals surface area contributed by atoms with Crippen molar-refractivity contribution in [3.63, 3.8) is 0 Å². The Morgan fingerprint density at radius 1 is 0.951 bits per heavy atom. The molecule has 2 aliphatic heterocycles. The zero-order chi connectivity index (χ0) is 30.3. The van der Waals surface area contributed by atoms with Crippen molar-refractivity contribution in [2.75, 3.05) is 19.7 Å². The van der Waals surface area contributed by atoms with Crippen LogP contribution in [0, 0.1) is 0 Å². The summed E-state index contributed by atoms with van der Waals surface area (Å²) in [7, 11) is 0. The molecular weight excluding hydrogens is 562 g/mol. The second kappa shape index (κ2) is 13.0. The van der Waals surface area contributed by atoms with Gasteiger partial charge >= 0.3 is 24.3 Å². The number of rotatable bonds is 3. The van der Waals surface area contributed by atoms with E-state index in [1.807, 2.05) is 24.5 Å². The van der Waals surface area contributed by atoms with Gasteiger partial charge in [0.25, 0.3) is 0 Å². The van der Waals surface area contributed by atoms with Crippen molar-refractivity contribution < 1.29 is 50.9 Å². The predicted molar refractivity (Wildman–Crippen MR) is 130 cm³/mol. The lowest BCUT2D eigenvalue weighted by molar-refractivity contribution is -0.193. The van der Waals surface area contributed by atoms with E-state index in [0.29, 0.717) is 6.61 Å². The van der Waals surface area contributed by atoms with E-state index >= 15 is 0 Å². The van der Waals surface area contributed by atoms with Crippen molar-refractivity contribution >= 4 is 11.9 Å². The Hall–Kier alpha value is -4.11. The summed E-state index contributed by atoms with van der Waals surface area (Å²) in [5.41, 5.74) is 4.56. The SMILES string of the molecule is O=C(O)C(F)(F)F.O=C(O)C(F)(F)F.c1ccc(CN2CCC3(COCc4cnc(-c5cccnc5)nc43)C2)cc1. The van der Waals surface area contributed by atoms with Crippen LogP contribution in [0.2, 0.25) is 0 Å². The highest BCUT2D eigenvalue weighted by Gasteiger charge is 2.45. The van der Waals surface area contributed by atoms with Crippen molar-refractivity contribution in [3.8, 4) is 11.4 Å². The minimum Gasteiger partial charge on any atom is -0.475 e. The maximum Gasteiger partial charge on any atom is 0.490 e. The monoisotopic (exact) mass is 586 g/mol. The average Bonchev–Trinajstić information content (AvgIpc) is 3.32. The number of fused-ring (bicyclic) bond motifs is 2. The topological polar surface area (TPSA) is 126 Å². The van der Waals surface area contributed by atoms with Crippen LogP contribution < -0.4 is 0 Å². The van der Waals surface area contributed by atoms with Crippen LogP contribution in [-0.2, 0) is 32.9 Å². The molecule has 0 aliphatic carbocycles. The van der Waals surface area contributed by atoms with E-state index in [9.17, 15) is 26.3 Å². The predicted octanol–water partition coefficient (Wildman–Crippen LogP) is 4.48. The first-order valence-electron chi connectivity index (χ1n) is 11.9. The average molecular weight is 586 g/mol. The molecule has 0 amide bonds. The van der Waals surface area contributed by atoms with Gasteiger partial charge in [0.2, 0.25) is 0 Å². The fourth-order valence-corrected chi connectivity index (χ4v) is 4.28.